The molecule has 1 aliphatic heterocycles. The lowest BCUT2D eigenvalue weighted by molar-refractivity contribution is 0.0661. The lowest BCUT2D eigenvalue weighted by atomic mass is 10.0. The van der Waals surface area contributed by atoms with Crippen molar-refractivity contribution in [1.82, 2.24) is 9.58 Å². The Bertz CT molecular complexity index is 1020. The van der Waals surface area contributed by atoms with Gasteiger partial charge >= 0.3 is 0 Å². The molecule has 154 valence electrons. The summed E-state index contributed by atoms with van der Waals surface area (Å²) in [4.78, 5) is 38.8. The summed E-state index contributed by atoms with van der Waals surface area (Å²) in [5.74, 6) is -3.58. The van der Waals surface area contributed by atoms with Crippen molar-refractivity contribution < 1.29 is 28.2 Å². The maximum absolute atomic E-state index is 13.7. The maximum atomic E-state index is 13.7. The van der Waals surface area contributed by atoms with E-state index in [1.807, 2.05) is 0 Å². The van der Waals surface area contributed by atoms with Crippen molar-refractivity contribution in [3.8, 4) is 5.75 Å². The van der Waals surface area contributed by atoms with Gasteiger partial charge in [0, 0.05) is 32.3 Å². The molecule has 0 spiro atoms. The number of nitrogens with zero attached hydrogens (tertiary/aromatic N) is 2. The number of carbonyl (C=O) groups excluding carboxylic acids is 2. The van der Waals surface area contributed by atoms with Crippen molar-refractivity contribution in [2.75, 3.05) is 32.4 Å². The second kappa shape index (κ2) is 8.39. The maximum Gasteiger partial charge on any atom is 0.277 e. The molecule has 2 aromatic rings. The zero-order valence-corrected chi connectivity index (χ0v) is 15.6. The van der Waals surface area contributed by atoms with Gasteiger partial charge in [0.1, 0.15) is 18.3 Å². The molecular weight excluding hydrogens is 388 g/mol. The Morgan fingerprint density at radius 1 is 1.31 bits per heavy atom. The number of ether oxygens (including phenoxy) is 1. The smallest absolute Gasteiger partial charge is 0.277 e. The number of nitrogens with one attached hydrogen (secondary N) is 1. The zero-order valence-electron chi connectivity index (χ0n) is 15.6. The van der Waals surface area contributed by atoms with Gasteiger partial charge < -0.3 is 20.2 Å². The predicted octanol–water partition coefficient (Wildman–Crippen LogP) is 1.25. The monoisotopic (exact) mass is 407 g/mol. The number of fused-ring (bicyclic) bond motifs is 1. The number of pyridine rings is 1. The van der Waals surface area contributed by atoms with Gasteiger partial charge in [0.2, 0.25) is 5.43 Å². The first-order valence-corrected chi connectivity index (χ1v) is 8.81. The lowest BCUT2D eigenvalue weighted by Gasteiger charge is -2.31. The van der Waals surface area contributed by atoms with E-state index in [-0.39, 0.29) is 49.5 Å². The van der Waals surface area contributed by atoms with Crippen molar-refractivity contribution in [2.45, 2.75) is 12.8 Å². The minimum absolute atomic E-state index is 0.0515. The van der Waals surface area contributed by atoms with E-state index in [0.29, 0.717) is 6.07 Å². The van der Waals surface area contributed by atoms with Crippen molar-refractivity contribution in [3.63, 3.8) is 0 Å². The standard InChI is InChI=1S/C19H19F2N3O5/c1-29-7-6-23-10-22-24-9-13(17(26)18(27)16(24)19(23)28)15(25)5-3-11-2-4-12(20)8-14(11)21/h2,4,8-9,22,27H,3,5-7,10H2,1H3. The Kier molecular flexibility index (Phi) is 5.92. The molecule has 2 N–H and O–H groups in total. The Balaban J connectivity index is 1.82. The molecule has 1 amide bonds. The highest BCUT2D eigenvalue weighted by atomic mass is 19.1. The van der Waals surface area contributed by atoms with Crippen LogP contribution in [0.15, 0.2) is 29.2 Å². The molecule has 1 aliphatic rings. The highest BCUT2D eigenvalue weighted by Gasteiger charge is 2.30. The van der Waals surface area contributed by atoms with Crippen molar-refractivity contribution in [2.24, 2.45) is 0 Å². The van der Waals surface area contributed by atoms with Gasteiger partial charge in [0.05, 0.1) is 12.2 Å². The largest absolute Gasteiger partial charge is 0.502 e. The third kappa shape index (κ3) is 4.11. The van der Waals surface area contributed by atoms with Gasteiger partial charge in [-0.05, 0) is 18.1 Å². The van der Waals surface area contributed by atoms with E-state index in [9.17, 15) is 28.3 Å². The highest BCUT2D eigenvalue weighted by molar-refractivity contribution is 6.00. The van der Waals surface area contributed by atoms with E-state index < -0.39 is 34.5 Å². The van der Waals surface area contributed by atoms with Crippen LogP contribution in [0, 0.1) is 11.6 Å². The average molecular weight is 407 g/mol. The van der Waals surface area contributed by atoms with E-state index in [1.165, 1.54) is 18.1 Å². The Morgan fingerprint density at radius 2 is 2.07 bits per heavy atom. The van der Waals surface area contributed by atoms with E-state index >= 15 is 0 Å². The number of benzene rings is 1. The number of ketones is 1. The molecule has 29 heavy (non-hydrogen) atoms. The summed E-state index contributed by atoms with van der Waals surface area (Å²) >= 11 is 0. The topological polar surface area (TPSA) is 101 Å². The minimum atomic E-state index is -0.982. The van der Waals surface area contributed by atoms with Gasteiger partial charge in [0.15, 0.2) is 17.2 Å². The number of Topliss-reactive ketones (excluding diaryl/α,β-unsaturated/α-hetero) is 1. The van der Waals surface area contributed by atoms with Gasteiger partial charge in [-0.3, -0.25) is 19.1 Å². The lowest BCUT2D eigenvalue weighted by Crippen LogP contribution is -2.48. The molecular formula is C19H19F2N3O5. The molecule has 8 nitrogen and oxygen atoms in total. The summed E-state index contributed by atoms with van der Waals surface area (Å²) in [6, 6.07) is 3.02. The number of carbonyl (C=O) groups is 2. The second-order valence-electron chi connectivity index (χ2n) is 6.48. The molecule has 3 rings (SSSR count). The third-order valence-electron chi connectivity index (χ3n) is 4.61. The molecule has 0 saturated carbocycles. The summed E-state index contributed by atoms with van der Waals surface area (Å²) in [6.45, 7) is 0.612. The third-order valence-corrected chi connectivity index (χ3v) is 4.61. The zero-order chi connectivity index (χ0) is 21.1. The molecule has 0 fully saturated rings. The minimum Gasteiger partial charge on any atom is -0.502 e. The average Bonchev–Trinajstić information content (AvgIpc) is 2.69. The summed E-state index contributed by atoms with van der Waals surface area (Å²) in [6.07, 6.45) is 0.862. The molecule has 0 atom stereocenters. The predicted molar refractivity (Wildman–Crippen MR) is 98.5 cm³/mol. The molecule has 0 unspecified atom stereocenters. The molecule has 2 heterocycles. The summed E-state index contributed by atoms with van der Waals surface area (Å²) < 4.78 is 32.7. The van der Waals surface area contributed by atoms with Crippen LogP contribution >= 0.6 is 0 Å². The van der Waals surface area contributed by atoms with Gasteiger partial charge in [0.25, 0.3) is 5.91 Å². The summed E-state index contributed by atoms with van der Waals surface area (Å²) in [5.41, 5.74) is 1.35. The van der Waals surface area contributed by atoms with Crippen LogP contribution in [-0.2, 0) is 11.2 Å². The van der Waals surface area contributed by atoms with Crippen LogP contribution in [0.3, 0.4) is 0 Å². The Hall–Kier alpha value is -3.27. The molecule has 0 saturated heterocycles. The number of halogens is 2. The van der Waals surface area contributed by atoms with Gasteiger partial charge in [-0.2, -0.15) is 0 Å². The quantitative estimate of drug-likeness (QED) is 0.670. The number of aromatic nitrogens is 1. The fourth-order valence-corrected chi connectivity index (χ4v) is 3.00. The van der Waals surface area contributed by atoms with E-state index in [4.69, 9.17) is 4.74 Å². The van der Waals surface area contributed by atoms with Crippen LogP contribution in [0.4, 0.5) is 8.78 Å². The van der Waals surface area contributed by atoms with Crippen LogP contribution < -0.4 is 10.9 Å². The normalized spacial score (nSPS) is 13.2. The molecule has 10 heteroatoms. The number of amides is 1. The Morgan fingerprint density at radius 3 is 2.76 bits per heavy atom. The van der Waals surface area contributed by atoms with Crippen LogP contribution in [0.5, 0.6) is 5.75 Å². The van der Waals surface area contributed by atoms with Crippen LogP contribution in [0.1, 0.15) is 32.8 Å². The second-order valence-corrected chi connectivity index (χ2v) is 6.48. The summed E-state index contributed by atoms with van der Waals surface area (Å²) in [5, 5.41) is 10.2. The Labute approximate surface area is 164 Å². The molecule has 0 radical (unpaired) electrons. The summed E-state index contributed by atoms with van der Waals surface area (Å²) in [7, 11) is 1.48. The van der Waals surface area contributed by atoms with Gasteiger partial charge in [-0.15, -0.1) is 0 Å². The molecule has 1 aromatic carbocycles. The van der Waals surface area contributed by atoms with Gasteiger partial charge in [-0.1, -0.05) is 6.07 Å². The first-order chi connectivity index (χ1) is 13.8. The number of aryl methyl sites for hydroxylation is 1. The number of aromatic hydroxyl groups is 1. The first-order valence-electron chi connectivity index (χ1n) is 8.81. The van der Waals surface area contributed by atoms with E-state index in [2.05, 4.69) is 5.43 Å². The van der Waals surface area contributed by atoms with E-state index in [0.717, 1.165) is 16.9 Å². The first kappa shape index (κ1) is 20.5. The number of methoxy groups -OCH3 is 1. The van der Waals surface area contributed by atoms with E-state index in [1.54, 1.807) is 0 Å². The molecule has 0 bridgehead atoms. The van der Waals surface area contributed by atoms with Crippen molar-refractivity contribution in [1.29, 1.82) is 0 Å². The highest BCUT2D eigenvalue weighted by Crippen LogP contribution is 2.19. The van der Waals surface area contributed by atoms with Crippen LogP contribution in [0.2, 0.25) is 0 Å². The van der Waals surface area contributed by atoms with Crippen molar-refractivity contribution in [3.05, 3.63) is 63.1 Å². The molecule has 0 aliphatic carbocycles. The number of rotatable bonds is 7. The molecule has 1 aromatic heterocycles. The van der Waals surface area contributed by atoms with Crippen LogP contribution in [-0.4, -0.2) is 53.3 Å². The number of hydrogen-bond donors (Lipinski definition) is 2. The fourth-order valence-electron chi connectivity index (χ4n) is 3.00. The fraction of sp³-hybridized carbons (Fsp3) is 0.316. The van der Waals surface area contributed by atoms with Crippen molar-refractivity contribution >= 4 is 11.7 Å². The number of hydrogen-bond acceptors (Lipinski definition) is 6. The van der Waals surface area contributed by atoms with Gasteiger partial charge in [-0.25, -0.2) is 8.78 Å². The SMILES string of the molecule is COCCN1CNn2cc(C(=O)CCc3ccc(F)cc3F)c(=O)c(O)c2C1=O. The van der Waals surface area contributed by atoms with Crippen LogP contribution in [0.25, 0.3) is 0 Å².